The van der Waals surface area contributed by atoms with Crippen LogP contribution in [0.1, 0.15) is 89.0 Å². The Morgan fingerprint density at radius 3 is 2.18 bits per heavy atom. The van der Waals surface area contributed by atoms with Crippen LogP contribution in [0.5, 0.6) is 0 Å². The molecule has 6 amide bonds. The average Bonchev–Trinajstić information content (AvgIpc) is 1.67. The SMILES string of the molecule is CC1(C)CCC(c2ccc(Cl)cc2)=C(CN2CCN(c3ccc(C(=O)NS(=O)(=O)c4ccc(N[C@H](CCN5CCN(C(=O)COCCOCCNc6cccc7c6C(=O)N(C6CCC(=O)NC6=O)C7=O)CC5)CSc5ccccc5)c(S(=O)(=O)C(F)(F)F)c4)cc3)CC2)C1. The Hall–Kier alpha value is -7.37. The molecule has 5 aromatic carbocycles. The van der Waals surface area contributed by atoms with E-state index in [1.54, 1.807) is 29.2 Å². The van der Waals surface area contributed by atoms with Gasteiger partial charge in [0.15, 0.2) is 0 Å². The van der Waals surface area contributed by atoms with E-state index in [9.17, 15) is 58.8 Å². The maximum absolute atomic E-state index is 14.5. The van der Waals surface area contributed by atoms with Crippen molar-refractivity contribution in [2.75, 3.05) is 120 Å². The number of piperidine rings is 1. The second kappa shape index (κ2) is 30.1. The van der Waals surface area contributed by atoms with Crippen LogP contribution in [0.4, 0.5) is 30.2 Å². The van der Waals surface area contributed by atoms with Gasteiger partial charge in [-0.3, -0.25) is 48.8 Å². The Labute approximate surface area is 554 Å². The van der Waals surface area contributed by atoms with Gasteiger partial charge in [0.1, 0.15) is 17.5 Å². The van der Waals surface area contributed by atoms with E-state index in [1.165, 1.54) is 46.7 Å². The highest BCUT2D eigenvalue weighted by atomic mass is 35.5. The minimum absolute atomic E-state index is 0.00227. The fraction of sp³-hybridized carbons (Fsp3) is 0.424. The van der Waals surface area contributed by atoms with Crippen molar-refractivity contribution in [2.45, 2.75) is 84.7 Å². The van der Waals surface area contributed by atoms with E-state index < -0.39 is 82.5 Å². The lowest BCUT2D eigenvalue weighted by Crippen LogP contribution is -2.54. The summed E-state index contributed by atoms with van der Waals surface area (Å²) in [6, 6.07) is 28.8. The number of hydrogen-bond donors (Lipinski definition) is 4. The summed E-state index contributed by atoms with van der Waals surface area (Å²) < 4.78 is 111. The lowest BCUT2D eigenvalue weighted by atomic mass is 9.73. The van der Waals surface area contributed by atoms with Crippen molar-refractivity contribution < 1.29 is 68.2 Å². The number of amides is 6. The second-order valence-corrected chi connectivity index (χ2v) is 29.6. The number of piperazine rings is 2. The molecule has 21 nitrogen and oxygen atoms in total. The van der Waals surface area contributed by atoms with Crippen molar-refractivity contribution in [3.8, 4) is 0 Å². The number of benzene rings is 5. The normalized spacial score (nSPS) is 18.7. The van der Waals surface area contributed by atoms with E-state index in [4.69, 9.17) is 21.1 Å². The highest BCUT2D eigenvalue weighted by Gasteiger charge is 2.49. The van der Waals surface area contributed by atoms with Gasteiger partial charge in [0.2, 0.25) is 17.7 Å². The van der Waals surface area contributed by atoms with Gasteiger partial charge >= 0.3 is 5.51 Å². The Balaban J connectivity index is 0.695. The average molecular weight is 1380 g/mol. The third-order valence-corrected chi connectivity index (χ3v) is 21.7. The van der Waals surface area contributed by atoms with Crippen LogP contribution in [0.15, 0.2) is 136 Å². The minimum Gasteiger partial charge on any atom is -0.382 e. The molecule has 4 aliphatic heterocycles. The van der Waals surface area contributed by atoms with Crippen molar-refractivity contribution >= 4 is 101 Å². The van der Waals surface area contributed by atoms with Crippen LogP contribution < -0.4 is 25.6 Å². The number of halogens is 4. The fourth-order valence-corrected chi connectivity index (χ4v) is 15.4. The zero-order valence-corrected chi connectivity index (χ0v) is 55.3. The lowest BCUT2D eigenvalue weighted by Gasteiger charge is -2.39. The number of nitrogens with zero attached hydrogens (tertiary/aromatic N) is 5. The molecule has 5 aliphatic rings. The molecule has 0 saturated carbocycles. The number of hydrogen-bond acceptors (Lipinski definition) is 18. The number of alkyl halides is 3. The van der Waals surface area contributed by atoms with Crippen molar-refractivity contribution in [1.29, 1.82) is 0 Å². The Kier molecular flexibility index (Phi) is 22.3. The first-order chi connectivity index (χ1) is 44.8. The molecule has 0 radical (unpaired) electrons. The molecule has 502 valence electrons. The second-order valence-electron chi connectivity index (χ2n) is 24.5. The summed E-state index contributed by atoms with van der Waals surface area (Å²) in [5.41, 5.74) is -0.717. The summed E-state index contributed by atoms with van der Waals surface area (Å²) in [5, 5.41) is 8.96. The number of rotatable bonds is 26. The monoisotopic (exact) mass is 1370 g/mol. The summed E-state index contributed by atoms with van der Waals surface area (Å²) in [6.07, 6.45) is 3.41. The van der Waals surface area contributed by atoms with Crippen LogP contribution in [0.25, 0.3) is 5.57 Å². The molecule has 0 bridgehead atoms. The van der Waals surface area contributed by atoms with Gasteiger partial charge in [-0.2, -0.15) is 13.2 Å². The minimum atomic E-state index is -6.18. The van der Waals surface area contributed by atoms with E-state index in [0.29, 0.717) is 69.0 Å². The zero-order valence-electron chi connectivity index (χ0n) is 52.1. The van der Waals surface area contributed by atoms with Crippen LogP contribution in [0, 0.1) is 5.41 Å². The molecule has 10 rings (SSSR count). The predicted molar refractivity (Wildman–Crippen MR) is 351 cm³/mol. The number of allylic oxidation sites excluding steroid dienone is 1. The quantitative estimate of drug-likeness (QED) is 0.0231. The topological polar surface area (TPSA) is 253 Å². The van der Waals surface area contributed by atoms with E-state index in [0.717, 1.165) is 66.5 Å². The Morgan fingerprint density at radius 1 is 0.777 bits per heavy atom. The molecule has 5 aromatic rings. The maximum atomic E-state index is 14.5. The number of ether oxygens (including phenoxy) is 2. The Morgan fingerprint density at radius 2 is 1.48 bits per heavy atom. The van der Waals surface area contributed by atoms with Crippen molar-refractivity contribution in [2.24, 2.45) is 5.41 Å². The number of fused-ring (bicyclic) bond motifs is 1. The summed E-state index contributed by atoms with van der Waals surface area (Å²) in [7, 11) is -11.1. The van der Waals surface area contributed by atoms with Crippen molar-refractivity contribution in [1.82, 2.24) is 29.6 Å². The van der Waals surface area contributed by atoms with E-state index in [1.807, 2.05) is 47.2 Å². The molecule has 2 atom stereocenters. The highest BCUT2D eigenvalue weighted by molar-refractivity contribution is 7.99. The summed E-state index contributed by atoms with van der Waals surface area (Å²) in [5.74, 6) is -3.50. The summed E-state index contributed by atoms with van der Waals surface area (Å²) >= 11 is 7.59. The highest BCUT2D eigenvalue weighted by Crippen LogP contribution is 2.43. The number of carbonyl (C=O) groups is 6. The first-order valence-electron chi connectivity index (χ1n) is 31.1. The van der Waals surface area contributed by atoms with Gasteiger partial charge < -0.3 is 29.9 Å². The molecule has 0 aromatic heterocycles. The predicted octanol–water partition coefficient (Wildman–Crippen LogP) is 8.19. The molecule has 94 heavy (non-hydrogen) atoms. The summed E-state index contributed by atoms with van der Waals surface area (Å²) in [6.45, 7) is 10.8. The lowest BCUT2D eigenvalue weighted by molar-refractivity contribution is -0.138. The fourth-order valence-electron chi connectivity index (χ4n) is 12.3. The summed E-state index contributed by atoms with van der Waals surface area (Å²) in [4.78, 5) is 85.3. The molecule has 4 heterocycles. The van der Waals surface area contributed by atoms with Gasteiger partial charge in [-0.15, -0.1) is 11.8 Å². The van der Waals surface area contributed by atoms with Crippen molar-refractivity contribution in [3.05, 3.63) is 148 Å². The zero-order chi connectivity index (χ0) is 67.0. The molecule has 4 N–H and O–H groups in total. The van der Waals surface area contributed by atoms with E-state index in [-0.39, 0.29) is 79.6 Å². The number of sulfone groups is 1. The number of sulfonamides is 1. The molecular weight excluding hydrogens is 1300 g/mol. The standard InChI is InChI=1S/C66H75ClF3N9O12S3/c1-65(2)25-23-52(44-11-15-47(67)16-12-44)46(40-65)41-76-30-32-77(33-31-76)49-17-13-45(14-18-49)61(82)74-94(88,89)51-19-20-54(57(39-51)93(86,87)66(68,69)70)72-48(43-92-50-7-4-3-5-8-50)24-27-75-28-34-78(35-29-75)59(81)42-91-38-37-90-36-26-71-55-10-6-9-53-60(55)64(85)79(63(53)84)56-21-22-58(80)73-62(56)83/h3-20,39,48,56,71-72H,21-38,40-43H2,1-2H3,(H,74,82)(H,73,80,83)/t48-,56?/m1/s1. The number of anilines is 3. The van der Waals surface area contributed by atoms with Gasteiger partial charge in [0, 0.05) is 117 Å². The first kappa shape index (κ1) is 69.5. The Bertz CT molecular complexity index is 3890. The molecule has 3 saturated heterocycles. The number of nitrogens with one attached hydrogen (secondary N) is 4. The van der Waals surface area contributed by atoms with Crippen LogP contribution >= 0.6 is 23.4 Å². The number of carbonyl (C=O) groups excluding carboxylic acids is 6. The molecule has 1 unspecified atom stereocenters. The molecule has 1 aliphatic carbocycles. The van der Waals surface area contributed by atoms with Crippen molar-refractivity contribution in [3.63, 3.8) is 0 Å². The third kappa shape index (κ3) is 17.0. The smallest absolute Gasteiger partial charge is 0.382 e. The number of thioether (sulfide) groups is 1. The van der Waals surface area contributed by atoms with Gasteiger partial charge in [-0.25, -0.2) is 21.6 Å². The maximum Gasteiger partial charge on any atom is 0.501 e. The van der Waals surface area contributed by atoms with Gasteiger partial charge in [0.05, 0.1) is 41.5 Å². The molecule has 28 heteroatoms. The van der Waals surface area contributed by atoms with Crippen LogP contribution in [0.3, 0.4) is 0 Å². The third-order valence-electron chi connectivity index (χ3n) is 17.4. The molecule has 3 fully saturated rings. The van der Waals surface area contributed by atoms with Gasteiger partial charge in [-0.1, -0.05) is 67.4 Å². The van der Waals surface area contributed by atoms with E-state index in [2.05, 4.69) is 56.6 Å². The molecular formula is C66H75ClF3N9O12S3. The first-order valence-corrected chi connectivity index (χ1v) is 35.4. The number of imide groups is 2. The largest absolute Gasteiger partial charge is 0.501 e. The van der Waals surface area contributed by atoms with E-state index >= 15 is 0 Å². The van der Waals surface area contributed by atoms with Crippen LogP contribution in [-0.4, -0.2) is 194 Å². The van der Waals surface area contributed by atoms with Gasteiger partial charge in [0.25, 0.3) is 37.6 Å². The van der Waals surface area contributed by atoms with Gasteiger partial charge in [-0.05, 0) is 128 Å². The van der Waals surface area contributed by atoms with Crippen LogP contribution in [-0.2, 0) is 43.7 Å². The molecule has 0 spiro atoms. The van der Waals surface area contributed by atoms with Crippen LogP contribution in [0.2, 0.25) is 5.02 Å².